The molecular formula is C16H12Cl2N2O2. The van der Waals surface area contributed by atoms with Crippen LogP contribution in [0, 0.1) is 6.92 Å². The summed E-state index contributed by atoms with van der Waals surface area (Å²) in [4.78, 5) is 17.2. The molecule has 0 atom stereocenters. The number of aryl methyl sites for hydroxylation is 1. The molecule has 0 fully saturated rings. The second-order valence-electron chi connectivity index (χ2n) is 4.78. The van der Waals surface area contributed by atoms with Gasteiger partial charge in [0.1, 0.15) is 11.6 Å². The molecule has 0 aliphatic heterocycles. The molecule has 112 valence electrons. The van der Waals surface area contributed by atoms with Crippen LogP contribution in [0.25, 0.3) is 16.6 Å². The van der Waals surface area contributed by atoms with Gasteiger partial charge in [0, 0.05) is 5.02 Å². The number of fused-ring (bicyclic) bond motifs is 1. The molecule has 0 saturated heterocycles. The molecule has 0 radical (unpaired) electrons. The molecular weight excluding hydrogens is 323 g/mol. The average molecular weight is 335 g/mol. The van der Waals surface area contributed by atoms with Gasteiger partial charge in [0.15, 0.2) is 0 Å². The van der Waals surface area contributed by atoms with Crippen LogP contribution >= 0.6 is 23.2 Å². The second kappa shape index (κ2) is 5.63. The Morgan fingerprint density at radius 3 is 2.45 bits per heavy atom. The number of hydrogen-bond acceptors (Lipinski definition) is 3. The lowest BCUT2D eigenvalue weighted by Crippen LogP contribution is -2.22. The molecule has 3 rings (SSSR count). The second-order valence-corrected chi connectivity index (χ2v) is 5.63. The highest BCUT2D eigenvalue weighted by Crippen LogP contribution is 2.25. The molecule has 1 heterocycles. The lowest BCUT2D eigenvalue weighted by Gasteiger charge is -2.12. The fourth-order valence-corrected chi connectivity index (χ4v) is 2.89. The third-order valence-electron chi connectivity index (χ3n) is 3.39. The van der Waals surface area contributed by atoms with Crippen molar-refractivity contribution in [1.29, 1.82) is 0 Å². The van der Waals surface area contributed by atoms with Gasteiger partial charge in [-0.3, -0.25) is 9.36 Å². The van der Waals surface area contributed by atoms with E-state index >= 15 is 0 Å². The highest BCUT2D eigenvalue weighted by molar-refractivity contribution is 6.38. The Hall–Kier alpha value is -2.04. The summed E-state index contributed by atoms with van der Waals surface area (Å²) < 4.78 is 6.65. The third kappa shape index (κ3) is 2.45. The first-order valence-corrected chi connectivity index (χ1v) is 7.29. The minimum atomic E-state index is -0.211. The van der Waals surface area contributed by atoms with Crippen molar-refractivity contribution in [3.63, 3.8) is 0 Å². The van der Waals surface area contributed by atoms with Crippen molar-refractivity contribution in [2.45, 2.75) is 6.92 Å². The van der Waals surface area contributed by atoms with Crippen molar-refractivity contribution in [1.82, 2.24) is 9.55 Å². The van der Waals surface area contributed by atoms with Crippen molar-refractivity contribution in [2.24, 2.45) is 0 Å². The predicted octanol–water partition coefficient (Wildman–Crippen LogP) is 4.01. The van der Waals surface area contributed by atoms with E-state index in [0.29, 0.717) is 38.2 Å². The van der Waals surface area contributed by atoms with Crippen LogP contribution in [-0.2, 0) is 0 Å². The first-order chi connectivity index (χ1) is 10.5. The van der Waals surface area contributed by atoms with Crippen LogP contribution in [0.15, 0.2) is 41.2 Å². The molecule has 0 saturated carbocycles. The maximum atomic E-state index is 12.8. The summed E-state index contributed by atoms with van der Waals surface area (Å²) >= 11 is 12.1. The van der Waals surface area contributed by atoms with Crippen molar-refractivity contribution in [3.05, 3.63) is 62.6 Å². The molecule has 0 bridgehead atoms. The molecule has 0 N–H and O–H groups in total. The number of benzene rings is 2. The minimum absolute atomic E-state index is 0.211. The summed E-state index contributed by atoms with van der Waals surface area (Å²) in [5, 5.41) is 1.16. The molecule has 3 aromatic rings. The van der Waals surface area contributed by atoms with E-state index in [4.69, 9.17) is 27.9 Å². The Morgan fingerprint density at radius 2 is 1.82 bits per heavy atom. The third-order valence-corrected chi connectivity index (χ3v) is 3.90. The zero-order valence-electron chi connectivity index (χ0n) is 11.9. The van der Waals surface area contributed by atoms with Gasteiger partial charge in [0.05, 0.1) is 28.7 Å². The number of rotatable bonds is 2. The van der Waals surface area contributed by atoms with E-state index in [-0.39, 0.29) is 5.56 Å². The predicted molar refractivity (Wildman–Crippen MR) is 88.6 cm³/mol. The van der Waals surface area contributed by atoms with E-state index in [1.807, 2.05) is 0 Å². The van der Waals surface area contributed by atoms with Gasteiger partial charge < -0.3 is 4.74 Å². The molecule has 0 unspecified atom stereocenters. The van der Waals surface area contributed by atoms with E-state index in [2.05, 4.69) is 4.98 Å². The van der Waals surface area contributed by atoms with Crippen LogP contribution in [0.1, 0.15) is 5.82 Å². The van der Waals surface area contributed by atoms with Gasteiger partial charge in [-0.05, 0) is 43.3 Å². The van der Waals surface area contributed by atoms with Gasteiger partial charge in [-0.15, -0.1) is 0 Å². The van der Waals surface area contributed by atoms with Gasteiger partial charge in [-0.2, -0.15) is 0 Å². The van der Waals surface area contributed by atoms with E-state index < -0.39 is 0 Å². The van der Waals surface area contributed by atoms with Gasteiger partial charge in [0.25, 0.3) is 5.56 Å². The minimum Gasteiger partial charge on any atom is -0.497 e. The number of halogens is 2. The summed E-state index contributed by atoms with van der Waals surface area (Å²) in [6.45, 7) is 1.76. The first-order valence-electron chi connectivity index (χ1n) is 6.54. The van der Waals surface area contributed by atoms with Gasteiger partial charge in [-0.1, -0.05) is 23.2 Å². The van der Waals surface area contributed by atoms with E-state index in [1.54, 1.807) is 50.4 Å². The van der Waals surface area contributed by atoms with Crippen LogP contribution in [0.2, 0.25) is 10.0 Å². The zero-order valence-corrected chi connectivity index (χ0v) is 13.4. The fraction of sp³-hybridized carbons (Fsp3) is 0.125. The van der Waals surface area contributed by atoms with Crippen LogP contribution in [0.3, 0.4) is 0 Å². The highest BCUT2D eigenvalue weighted by atomic mass is 35.5. The lowest BCUT2D eigenvalue weighted by molar-refractivity contribution is 0.414. The molecule has 0 aliphatic rings. The molecule has 0 aliphatic carbocycles. The Morgan fingerprint density at radius 1 is 1.14 bits per heavy atom. The Labute approximate surface area is 136 Å². The van der Waals surface area contributed by atoms with Crippen LogP contribution < -0.4 is 10.3 Å². The standard InChI is InChI=1S/C16H12Cl2N2O2/c1-9-19-15-13(7-10(17)8-14(15)18)16(21)20(9)11-3-5-12(22-2)6-4-11/h3-8H,1-2H3. The number of nitrogens with zero attached hydrogens (tertiary/aromatic N) is 2. The zero-order chi connectivity index (χ0) is 15.9. The lowest BCUT2D eigenvalue weighted by atomic mass is 10.2. The smallest absolute Gasteiger partial charge is 0.266 e. The molecule has 2 aromatic carbocycles. The molecule has 0 amide bonds. The maximum absolute atomic E-state index is 12.8. The largest absolute Gasteiger partial charge is 0.497 e. The van der Waals surface area contributed by atoms with Gasteiger partial charge in [-0.25, -0.2) is 4.98 Å². The van der Waals surface area contributed by atoms with Crippen molar-refractivity contribution >= 4 is 34.1 Å². The Balaban J connectivity index is 2.32. The first kappa shape index (κ1) is 14.9. The molecule has 0 spiro atoms. The summed E-state index contributed by atoms with van der Waals surface area (Å²) in [7, 11) is 1.59. The van der Waals surface area contributed by atoms with Crippen molar-refractivity contribution in [2.75, 3.05) is 7.11 Å². The maximum Gasteiger partial charge on any atom is 0.266 e. The number of aromatic nitrogens is 2. The molecule has 6 heteroatoms. The highest BCUT2D eigenvalue weighted by Gasteiger charge is 2.13. The molecule has 4 nitrogen and oxygen atoms in total. The topological polar surface area (TPSA) is 44.1 Å². The summed E-state index contributed by atoms with van der Waals surface area (Å²) in [5.74, 6) is 1.26. The SMILES string of the molecule is COc1ccc(-n2c(C)nc3c(Cl)cc(Cl)cc3c2=O)cc1. The fourth-order valence-electron chi connectivity index (χ4n) is 2.36. The number of hydrogen-bond donors (Lipinski definition) is 0. The summed E-state index contributed by atoms with van der Waals surface area (Å²) in [6.07, 6.45) is 0. The quantitative estimate of drug-likeness (QED) is 0.711. The summed E-state index contributed by atoms with van der Waals surface area (Å²) in [5.41, 5.74) is 0.948. The Kier molecular flexibility index (Phi) is 3.81. The number of methoxy groups -OCH3 is 1. The van der Waals surface area contributed by atoms with Crippen LogP contribution in [0.4, 0.5) is 0 Å². The monoisotopic (exact) mass is 334 g/mol. The van der Waals surface area contributed by atoms with Crippen molar-refractivity contribution < 1.29 is 4.74 Å². The van der Waals surface area contributed by atoms with Crippen LogP contribution in [0.5, 0.6) is 5.75 Å². The van der Waals surface area contributed by atoms with Crippen molar-refractivity contribution in [3.8, 4) is 11.4 Å². The van der Waals surface area contributed by atoms with Crippen LogP contribution in [-0.4, -0.2) is 16.7 Å². The average Bonchev–Trinajstić information content (AvgIpc) is 2.49. The normalized spacial score (nSPS) is 10.9. The van der Waals surface area contributed by atoms with E-state index in [1.165, 1.54) is 4.57 Å². The number of ether oxygens (including phenoxy) is 1. The Bertz CT molecular complexity index is 918. The van der Waals surface area contributed by atoms with E-state index in [9.17, 15) is 4.79 Å². The van der Waals surface area contributed by atoms with Gasteiger partial charge >= 0.3 is 0 Å². The van der Waals surface area contributed by atoms with E-state index in [0.717, 1.165) is 0 Å². The molecule has 1 aromatic heterocycles. The molecule has 22 heavy (non-hydrogen) atoms. The summed E-state index contributed by atoms with van der Waals surface area (Å²) in [6, 6.07) is 10.3. The van der Waals surface area contributed by atoms with Gasteiger partial charge in [0.2, 0.25) is 0 Å².